The second-order valence-electron chi connectivity index (χ2n) is 3.28. The molecule has 5 nitrogen and oxygen atoms in total. The number of fused-ring (bicyclic) bond motifs is 1. The van der Waals surface area contributed by atoms with Crippen LogP contribution in [0.15, 0.2) is 18.5 Å². The predicted molar refractivity (Wildman–Crippen MR) is 57.7 cm³/mol. The van der Waals surface area contributed by atoms with Crippen LogP contribution in [-0.4, -0.2) is 26.3 Å². The number of rotatable bonds is 2. The molecule has 0 radical (unpaired) electrons. The average Bonchev–Trinajstić information content (AvgIpc) is 2.72. The summed E-state index contributed by atoms with van der Waals surface area (Å²) >= 11 is 5.96. The van der Waals surface area contributed by atoms with E-state index in [0.29, 0.717) is 21.6 Å². The van der Waals surface area contributed by atoms with Gasteiger partial charge in [-0.2, -0.15) is 5.26 Å². The van der Waals surface area contributed by atoms with Crippen molar-refractivity contribution in [3.8, 4) is 6.07 Å². The number of aromatic amines is 1. The zero-order valence-electron chi connectivity index (χ0n) is 8.05. The molecule has 0 aliphatic heterocycles. The van der Waals surface area contributed by atoms with Gasteiger partial charge in [-0.15, -0.1) is 0 Å². The third kappa shape index (κ3) is 1.63. The molecule has 2 heterocycles. The molecule has 0 fully saturated rings. The molecule has 0 saturated heterocycles. The van der Waals surface area contributed by atoms with E-state index in [1.54, 1.807) is 12.1 Å². The van der Waals surface area contributed by atoms with Gasteiger partial charge in [0.15, 0.2) is 6.10 Å². The summed E-state index contributed by atoms with van der Waals surface area (Å²) in [5.41, 5.74) is 0.869. The number of nitrogens with zero attached hydrogens (tertiary/aromatic N) is 2. The summed E-state index contributed by atoms with van der Waals surface area (Å²) < 4.78 is 0. The van der Waals surface area contributed by atoms with E-state index in [2.05, 4.69) is 9.97 Å². The highest BCUT2D eigenvalue weighted by atomic mass is 35.5. The van der Waals surface area contributed by atoms with Crippen LogP contribution in [0.5, 0.6) is 0 Å². The summed E-state index contributed by atoms with van der Waals surface area (Å²) in [5.74, 6) is 0. The minimum absolute atomic E-state index is 0.363. The fourth-order valence-corrected chi connectivity index (χ4v) is 1.77. The van der Waals surface area contributed by atoms with Gasteiger partial charge in [0.25, 0.3) is 0 Å². The smallest absolute Gasteiger partial charge is 0.170 e. The van der Waals surface area contributed by atoms with Crippen LogP contribution >= 0.6 is 11.6 Å². The molecule has 0 aliphatic rings. The van der Waals surface area contributed by atoms with Crippen LogP contribution in [0, 0.1) is 11.3 Å². The number of halogens is 1. The van der Waals surface area contributed by atoms with E-state index in [1.807, 2.05) is 0 Å². The highest BCUT2D eigenvalue weighted by molar-refractivity contribution is 6.35. The minimum Gasteiger partial charge on any atom is -0.384 e. The molecule has 3 N–H and O–H groups in total. The number of aliphatic hydroxyl groups excluding tert-OH is 2. The number of hydrogen-bond acceptors (Lipinski definition) is 4. The number of nitrogens with one attached hydrogen (secondary N) is 1. The Labute approximate surface area is 95.9 Å². The minimum atomic E-state index is -1.49. The van der Waals surface area contributed by atoms with Gasteiger partial charge in [0.05, 0.1) is 11.1 Å². The lowest BCUT2D eigenvalue weighted by Crippen LogP contribution is -2.15. The van der Waals surface area contributed by atoms with Crippen molar-refractivity contribution in [3.05, 3.63) is 29.0 Å². The lowest BCUT2D eigenvalue weighted by molar-refractivity contribution is 0.0538. The second-order valence-corrected chi connectivity index (χ2v) is 3.69. The lowest BCUT2D eigenvalue weighted by Gasteiger charge is -2.10. The Morgan fingerprint density at radius 2 is 2.25 bits per heavy atom. The van der Waals surface area contributed by atoms with Gasteiger partial charge < -0.3 is 15.2 Å². The van der Waals surface area contributed by atoms with Crippen LogP contribution in [0.25, 0.3) is 11.0 Å². The summed E-state index contributed by atoms with van der Waals surface area (Å²) in [6, 6.07) is 3.14. The van der Waals surface area contributed by atoms with Gasteiger partial charge >= 0.3 is 0 Å². The average molecular weight is 238 g/mol. The van der Waals surface area contributed by atoms with Crippen molar-refractivity contribution in [1.82, 2.24) is 9.97 Å². The first-order chi connectivity index (χ1) is 7.65. The zero-order chi connectivity index (χ0) is 11.7. The normalized spacial score (nSPS) is 14.6. The summed E-state index contributed by atoms with van der Waals surface area (Å²) in [7, 11) is 0. The van der Waals surface area contributed by atoms with Crippen molar-refractivity contribution < 1.29 is 10.2 Å². The van der Waals surface area contributed by atoms with Crippen molar-refractivity contribution >= 4 is 22.6 Å². The van der Waals surface area contributed by atoms with E-state index in [0.717, 1.165) is 0 Å². The lowest BCUT2D eigenvalue weighted by atomic mass is 10.1. The molecule has 0 bridgehead atoms. The summed E-state index contributed by atoms with van der Waals surface area (Å²) in [6.45, 7) is 0. The first kappa shape index (κ1) is 10.9. The molecule has 6 heteroatoms. The van der Waals surface area contributed by atoms with Gasteiger partial charge in [-0.1, -0.05) is 11.6 Å². The molecule has 2 rings (SSSR count). The summed E-state index contributed by atoms with van der Waals surface area (Å²) in [4.78, 5) is 6.83. The molecule has 16 heavy (non-hydrogen) atoms. The van der Waals surface area contributed by atoms with Crippen molar-refractivity contribution in [3.63, 3.8) is 0 Å². The zero-order valence-corrected chi connectivity index (χ0v) is 8.81. The largest absolute Gasteiger partial charge is 0.384 e. The monoisotopic (exact) mass is 237 g/mol. The number of H-pyrrole nitrogens is 1. The first-order valence-electron chi connectivity index (χ1n) is 4.52. The Kier molecular flexibility index (Phi) is 2.79. The molecule has 0 amide bonds. The standard InChI is InChI=1S/C10H8ClN3O2/c11-6-1-2-13-10-8(6)5(4-14-10)9(16)7(15)3-12/h1-2,4,7,9,15-16H,(H,13,14). The molecule has 2 atom stereocenters. The maximum atomic E-state index is 9.72. The molecule has 0 saturated carbocycles. The molecule has 2 unspecified atom stereocenters. The Bertz CT molecular complexity index is 561. The van der Waals surface area contributed by atoms with Gasteiger partial charge in [-0.3, -0.25) is 0 Å². The molecule has 0 aromatic carbocycles. The van der Waals surface area contributed by atoms with Gasteiger partial charge in [-0.25, -0.2) is 4.98 Å². The number of aromatic nitrogens is 2. The van der Waals surface area contributed by atoms with Crippen molar-refractivity contribution in [2.45, 2.75) is 12.2 Å². The predicted octanol–water partition coefficient (Wildman–Crippen LogP) is 1.13. The number of nitriles is 1. The van der Waals surface area contributed by atoms with Crippen LogP contribution in [0.1, 0.15) is 11.7 Å². The van der Waals surface area contributed by atoms with E-state index >= 15 is 0 Å². The molecule has 2 aromatic heterocycles. The first-order valence-corrected chi connectivity index (χ1v) is 4.90. The number of aliphatic hydroxyl groups is 2. The Morgan fingerprint density at radius 1 is 1.50 bits per heavy atom. The molecule has 0 spiro atoms. The summed E-state index contributed by atoms with van der Waals surface area (Å²) in [6.07, 6.45) is 0.211. The van der Waals surface area contributed by atoms with E-state index in [9.17, 15) is 10.2 Å². The molecular formula is C10H8ClN3O2. The van der Waals surface area contributed by atoms with Crippen LogP contribution in [-0.2, 0) is 0 Å². The topological polar surface area (TPSA) is 92.9 Å². The highest BCUT2D eigenvalue weighted by Crippen LogP contribution is 2.30. The Morgan fingerprint density at radius 3 is 2.94 bits per heavy atom. The van der Waals surface area contributed by atoms with E-state index in [4.69, 9.17) is 16.9 Å². The number of hydrogen-bond donors (Lipinski definition) is 3. The molecular weight excluding hydrogens is 230 g/mol. The van der Waals surface area contributed by atoms with E-state index < -0.39 is 12.2 Å². The maximum absolute atomic E-state index is 9.72. The molecule has 82 valence electrons. The third-order valence-electron chi connectivity index (χ3n) is 2.30. The van der Waals surface area contributed by atoms with Crippen LogP contribution in [0.2, 0.25) is 5.02 Å². The van der Waals surface area contributed by atoms with Gasteiger partial charge in [0.1, 0.15) is 11.8 Å². The second kappa shape index (κ2) is 4.10. The van der Waals surface area contributed by atoms with Crippen molar-refractivity contribution in [1.29, 1.82) is 5.26 Å². The fourth-order valence-electron chi connectivity index (χ4n) is 1.51. The Balaban J connectivity index is 2.58. The van der Waals surface area contributed by atoms with Crippen LogP contribution in [0.4, 0.5) is 0 Å². The summed E-state index contributed by atoms with van der Waals surface area (Å²) in [5, 5.41) is 28.4. The fraction of sp³-hybridized carbons (Fsp3) is 0.200. The molecule has 2 aromatic rings. The van der Waals surface area contributed by atoms with E-state index in [1.165, 1.54) is 12.4 Å². The third-order valence-corrected chi connectivity index (χ3v) is 2.62. The van der Waals surface area contributed by atoms with Crippen molar-refractivity contribution in [2.24, 2.45) is 0 Å². The van der Waals surface area contributed by atoms with Crippen molar-refractivity contribution in [2.75, 3.05) is 0 Å². The number of pyridine rings is 1. The maximum Gasteiger partial charge on any atom is 0.170 e. The van der Waals surface area contributed by atoms with Gasteiger partial charge in [0.2, 0.25) is 0 Å². The van der Waals surface area contributed by atoms with Gasteiger partial charge in [0, 0.05) is 23.3 Å². The van der Waals surface area contributed by atoms with Crippen LogP contribution < -0.4 is 0 Å². The quantitative estimate of drug-likeness (QED) is 0.683. The van der Waals surface area contributed by atoms with E-state index in [-0.39, 0.29) is 0 Å². The highest BCUT2D eigenvalue weighted by Gasteiger charge is 2.22. The SMILES string of the molecule is N#CC(O)C(O)c1c[nH]c2nccc(Cl)c12. The van der Waals surface area contributed by atoms with Gasteiger partial charge in [-0.05, 0) is 6.07 Å². The van der Waals surface area contributed by atoms with Crippen LogP contribution in [0.3, 0.4) is 0 Å². The molecule has 0 aliphatic carbocycles. The Hall–Kier alpha value is -1.61.